The molecule has 0 saturated carbocycles. The first kappa shape index (κ1) is 8.57. The predicted octanol–water partition coefficient (Wildman–Crippen LogP) is 1.28. The van der Waals surface area contributed by atoms with E-state index in [0.29, 0.717) is 11.1 Å². The molecule has 1 atom stereocenters. The number of hydrogen-bond acceptors (Lipinski definition) is 3. The fourth-order valence-electron chi connectivity index (χ4n) is 0.989. The average molecular weight is 162 g/mol. The summed E-state index contributed by atoms with van der Waals surface area (Å²) in [4.78, 5) is 0. The third-order valence-electron chi connectivity index (χ3n) is 1.65. The summed E-state index contributed by atoms with van der Waals surface area (Å²) < 4.78 is 0. The molecule has 3 N–H and O–H groups in total. The topological polar surface area (TPSA) is 70.0 Å². The number of nitrogens with zero attached hydrogens (tertiary/aromatic N) is 1. The Morgan fingerprint density at radius 3 is 2.75 bits per heavy atom. The highest BCUT2D eigenvalue weighted by atomic mass is 16.3. The normalized spacial score (nSPS) is 12.1. The van der Waals surface area contributed by atoms with Crippen LogP contribution in [-0.2, 0) is 0 Å². The van der Waals surface area contributed by atoms with Crippen molar-refractivity contribution in [1.29, 1.82) is 5.26 Å². The van der Waals surface area contributed by atoms with E-state index in [9.17, 15) is 5.11 Å². The van der Waals surface area contributed by atoms with Crippen LogP contribution in [0.3, 0.4) is 0 Å². The monoisotopic (exact) mass is 162 g/mol. The van der Waals surface area contributed by atoms with Crippen molar-refractivity contribution in [3.63, 3.8) is 0 Å². The second kappa shape index (κ2) is 3.24. The van der Waals surface area contributed by atoms with Crippen LogP contribution >= 0.6 is 0 Å². The van der Waals surface area contributed by atoms with E-state index < -0.39 is 0 Å². The average Bonchev–Trinajstić information content (AvgIpc) is 2.05. The zero-order chi connectivity index (χ0) is 9.14. The third-order valence-corrected chi connectivity index (χ3v) is 1.65. The molecular formula is C9H10N2O. The standard InChI is InChI=1S/C9H10N2O/c1-6(11)8-4-7(5-10)2-3-9(8)12/h2-4,6,12H,11H2,1H3/t6-/m0/s1. The number of nitriles is 1. The van der Waals surface area contributed by atoms with Crippen molar-refractivity contribution in [2.24, 2.45) is 5.73 Å². The molecule has 0 aliphatic carbocycles. The highest BCUT2D eigenvalue weighted by Crippen LogP contribution is 2.22. The molecule has 0 amide bonds. The van der Waals surface area contributed by atoms with E-state index in [-0.39, 0.29) is 11.8 Å². The summed E-state index contributed by atoms with van der Waals surface area (Å²) in [5.41, 5.74) is 6.69. The molecule has 1 aromatic rings. The zero-order valence-corrected chi connectivity index (χ0v) is 6.78. The molecule has 0 spiro atoms. The minimum absolute atomic E-state index is 0.143. The van der Waals surface area contributed by atoms with E-state index in [4.69, 9.17) is 11.0 Å². The van der Waals surface area contributed by atoms with Crippen molar-refractivity contribution in [3.05, 3.63) is 29.3 Å². The molecule has 0 bridgehead atoms. The van der Waals surface area contributed by atoms with E-state index >= 15 is 0 Å². The molecule has 0 aromatic heterocycles. The first-order chi connectivity index (χ1) is 5.65. The van der Waals surface area contributed by atoms with Crippen LogP contribution in [0.4, 0.5) is 0 Å². The number of benzene rings is 1. The summed E-state index contributed by atoms with van der Waals surface area (Å²) in [7, 11) is 0. The highest BCUT2D eigenvalue weighted by molar-refractivity contribution is 5.42. The lowest BCUT2D eigenvalue weighted by Gasteiger charge is -2.07. The van der Waals surface area contributed by atoms with E-state index in [1.165, 1.54) is 6.07 Å². The van der Waals surface area contributed by atoms with Gasteiger partial charge in [0.05, 0.1) is 11.6 Å². The summed E-state index contributed by atoms with van der Waals surface area (Å²) in [5, 5.41) is 17.9. The van der Waals surface area contributed by atoms with Gasteiger partial charge in [0.15, 0.2) is 0 Å². The summed E-state index contributed by atoms with van der Waals surface area (Å²) in [5.74, 6) is 0.143. The van der Waals surface area contributed by atoms with Crippen LogP contribution in [0.25, 0.3) is 0 Å². The Kier molecular flexibility index (Phi) is 2.32. The second-order valence-corrected chi connectivity index (χ2v) is 2.67. The molecule has 0 radical (unpaired) electrons. The van der Waals surface area contributed by atoms with Gasteiger partial charge in [-0.25, -0.2) is 0 Å². The Bertz CT molecular complexity index is 326. The number of phenols is 1. The van der Waals surface area contributed by atoms with Gasteiger partial charge in [0.25, 0.3) is 0 Å². The van der Waals surface area contributed by atoms with Gasteiger partial charge in [0, 0.05) is 11.6 Å². The number of hydrogen-bond donors (Lipinski definition) is 2. The summed E-state index contributed by atoms with van der Waals surface area (Å²) in [6.07, 6.45) is 0. The Hall–Kier alpha value is -1.53. The molecular weight excluding hydrogens is 152 g/mol. The SMILES string of the molecule is C[C@H](N)c1cc(C#N)ccc1O. The Morgan fingerprint density at radius 2 is 2.25 bits per heavy atom. The Labute approximate surface area is 71.1 Å². The summed E-state index contributed by atoms with van der Waals surface area (Å²) in [6.45, 7) is 1.76. The molecule has 1 rings (SSSR count). The van der Waals surface area contributed by atoms with Gasteiger partial charge in [-0.15, -0.1) is 0 Å². The van der Waals surface area contributed by atoms with Gasteiger partial charge in [0.1, 0.15) is 5.75 Å². The maximum Gasteiger partial charge on any atom is 0.120 e. The van der Waals surface area contributed by atoms with Gasteiger partial charge >= 0.3 is 0 Å². The van der Waals surface area contributed by atoms with Crippen molar-refractivity contribution in [3.8, 4) is 11.8 Å². The number of nitrogens with two attached hydrogens (primary N) is 1. The zero-order valence-electron chi connectivity index (χ0n) is 6.78. The lowest BCUT2D eigenvalue weighted by atomic mass is 10.1. The third kappa shape index (κ3) is 1.55. The molecule has 62 valence electrons. The van der Waals surface area contributed by atoms with Gasteiger partial charge in [-0.3, -0.25) is 0 Å². The van der Waals surface area contributed by atoms with Crippen LogP contribution in [0.5, 0.6) is 5.75 Å². The van der Waals surface area contributed by atoms with Gasteiger partial charge in [0.2, 0.25) is 0 Å². The molecule has 0 aliphatic heterocycles. The first-order valence-corrected chi connectivity index (χ1v) is 3.63. The van der Waals surface area contributed by atoms with Crippen LogP contribution < -0.4 is 5.73 Å². The molecule has 0 aliphatic rings. The van der Waals surface area contributed by atoms with E-state index in [1.807, 2.05) is 6.07 Å². The van der Waals surface area contributed by atoms with Gasteiger partial charge in [-0.05, 0) is 25.1 Å². The first-order valence-electron chi connectivity index (χ1n) is 3.63. The maximum atomic E-state index is 9.31. The molecule has 0 fully saturated rings. The number of aromatic hydroxyl groups is 1. The quantitative estimate of drug-likeness (QED) is 0.653. The molecule has 0 heterocycles. The van der Waals surface area contributed by atoms with Crippen molar-refractivity contribution in [2.45, 2.75) is 13.0 Å². The second-order valence-electron chi connectivity index (χ2n) is 2.67. The fourth-order valence-corrected chi connectivity index (χ4v) is 0.989. The lowest BCUT2D eigenvalue weighted by Crippen LogP contribution is -2.05. The van der Waals surface area contributed by atoms with Crippen LogP contribution in [0.2, 0.25) is 0 Å². The minimum Gasteiger partial charge on any atom is -0.508 e. The largest absolute Gasteiger partial charge is 0.508 e. The van der Waals surface area contributed by atoms with Crippen LogP contribution in [0.15, 0.2) is 18.2 Å². The smallest absolute Gasteiger partial charge is 0.120 e. The Morgan fingerprint density at radius 1 is 1.58 bits per heavy atom. The minimum atomic E-state index is -0.252. The van der Waals surface area contributed by atoms with Crippen LogP contribution in [0.1, 0.15) is 24.1 Å². The fraction of sp³-hybridized carbons (Fsp3) is 0.222. The van der Waals surface area contributed by atoms with Gasteiger partial charge in [-0.2, -0.15) is 5.26 Å². The maximum absolute atomic E-state index is 9.31. The molecule has 0 unspecified atom stereocenters. The highest BCUT2D eigenvalue weighted by Gasteiger charge is 2.06. The van der Waals surface area contributed by atoms with Crippen LogP contribution in [-0.4, -0.2) is 5.11 Å². The van der Waals surface area contributed by atoms with Crippen molar-refractivity contribution >= 4 is 0 Å². The molecule has 0 saturated heterocycles. The summed E-state index contributed by atoms with van der Waals surface area (Å²) in [6, 6.07) is 6.37. The molecule has 1 aromatic carbocycles. The van der Waals surface area contributed by atoms with Gasteiger partial charge in [-0.1, -0.05) is 0 Å². The molecule has 3 nitrogen and oxygen atoms in total. The predicted molar refractivity (Wildman–Crippen MR) is 45.4 cm³/mol. The number of rotatable bonds is 1. The van der Waals surface area contributed by atoms with Crippen molar-refractivity contribution in [1.82, 2.24) is 0 Å². The molecule has 3 heteroatoms. The van der Waals surface area contributed by atoms with Crippen molar-refractivity contribution < 1.29 is 5.11 Å². The van der Waals surface area contributed by atoms with E-state index in [0.717, 1.165) is 0 Å². The van der Waals surface area contributed by atoms with Crippen molar-refractivity contribution in [2.75, 3.05) is 0 Å². The van der Waals surface area contributed by atoms with Crippen LogP contribution in [0, 0.1) is 11.3 Å². The van der Waals surface area contributed by atoms with Gasteiger partial charge < -0.3 is 10.8 Å². The lowest BCUT2D eigenvalue weighted by molar-refractivity contribution is 0.463. The van der Waals surface area contributed by atoms with E-state index in [1.54, 1.807) is 19.1 Å². The summed E-state index contributed by atoms with van der Waals surface area (Å²) >= 11 is 0. The Balaban J connectivity index is 3.19. The number of phenolic OH excluding ortho intramolecular Hbond substituents is 1. The molecule has 12 heavy (non-hydrogen) atoms. The van der Waals surface area contributed by atoms with E-state index in [2.05, 4.69) is 0 Å².